The maximum atomic E-state index is 10.1. The molecule has 0 radical (unpaired) electrons. The van der Waals surface area contributed by atoms with E-state index in [1.165, 1.54) is 0 Å². The minimum atomic E-state index is -2.36. The van der Waals surface area contributed by atoms with E-state index in [-0.39, 0.29) is 7.43 Å². The van der Waals surface area contributed by atoms with Crippen LogP contribution in [0.15, 0.2) is 0 Å². The van der Waals surface area contributed by atoms with Gasteiger partial charge in [-0.15, -0.1) is 0 Å². The second-order valence-electron chi connectivity index (χ2n) is 2.55. The topological polar surface area (TPSA) is 156 Å². The summed E-state index contributed by atoms with van der Waals surface area (Å²) in [4.78, 5) is 20.2. The highest BCUT2D eigenvalue weighted by molar-refractivity contribution is 5.75. The van der Waals surface area contributed by atoms with Crippen LogP contribution in [0, 0.1) is 0 Å². The van der Waals surface area contributed by atoms with E-state index in [0.717, 1.165) is 0 Å². The lowest BCUT2D eigenvalue weighted by Crippen LogP contribution is -2.49. The van der Waals surface area contributed by atoms with Gasteiger partial charge in [-0.2, -0.15) is 0 Å². The number of aliphatic hydroxyl groups excluding tert-OH is 4. The van der Waals surface area contributed by atoms with E-state index < -0.39 is 36.4 Å². The SMILES string of the molecule is C.O=C(O)C(O)C(O)C(O)C(O)C(=O)O. The molecule has 4 unspecified atom stereocenters. The average molecular weight is 226 g/mol. The molecule has 0 saturated heterocycles. The van der Waals surface area contributed by atoms with Gasteiger partial charge in [0, 0.05) is 0 Å². The molecule has 0 aliphatic heterocycles. The molecule has 0 fully saturated rings. The molecule has 0 saturated carbocycles. The Kier molecular flexibility index (Phi) is 6.81. The summed E-state index contributed by atoms with van der Waals surface area (Å²) < 4.78 is 0. The molecule has 0 bridgehead atoms. The molecule has 15 heavy (non-hydrogen) atoms. The van der Waals surface area contributed by atoms with Crippen molar-refractivity contribution in [1.29, 1.82) is 0 Å². The Morgan fingerprint density at radius 2 is 0.933 bits per heavy atom. The molecule has 4 atom stereocenters. The number of aliphatic carboxylic acids is 2. The monoisotopic (exact) mass is 226 g/mol. The molecule has 0 aliphatic rings. The van der Waals surface area contributed by atoms with Gasteiger partial charge in [0.2, 0.25) is 0 Å². The van der Waals surface area contributed by atoms with Crippen LogP contribution in [0.5, 0.6) is 0 Å². The van der Waals surface area contributed by atoms with Gasteiger partial charge < -0.3 is 30.6 Å². The normalized spacial score (nSPS) is 18.1. The Hall–Kier alpha value is -1.22. The minimum Gasteiger partial charge on any atom is -0.479 e. The van der Waals surface area contributed by atoms with Crippen molar-refractivity contribution in [2.24, 2.45) is 0 Å². The third-order valence-electron chi connectivity index (χ3n) is 1.50. The first kappa shape index (κ1) is 16.2. The van der Waals surface area contributed by atoms with E-state index in [4.69, 9.17) is 30.6 Å². The summed E-state index contributed by atoms with van der Waals surface area (Å²) in [6.45, 7) is 0. The van der Waals surface area contributed by atoms with Crippen LogP contribution in [0.25, 0.3) is 0 Å². The number of carboxylic acid groups (broad SMARTS) is 2. The van der Waals surface area contributed by atoms with Crippen molar-refractivity contribution in [3.05, 3.63) is 0 Å². The Balaban J connectivity index is 0. The summed E-state index contributed by atoms with van der Waals surface area (Å²) in [5.41, 5.74) is 0. The lowest BCUT2D eigenvalue weighted by atomic mass is 10.0. The number of hydrogen-bond donors (Lipinski definition) is 6. The largest absolute Gasteiger partial charge is 0.479 e. The number of carboxylic acids is 2. The molecule has 0 amide bonds. The number of rotatable bonds is 5. The van der Waals surface area contributed by atoms with Crippen molar-refractivity contribution >= 4 is 11.9 Å². The summed E-state index contributed by atoms with van der Waals surface area (Å²) in [5, 5.41) is 51.5. The smallest absolute Gasteiger partial charge is 0.335 e. The number of hydrogen-bond acceptors (Lipinski definition) is 6. The highest BCUT2D eigenvalue weighted by Gasteiger charge is 2.37. The van der Waals surface area contributed by atoms with Gasteiger partial charge in [0.05, 0.1) is 0 Å². The van der Waals surface area contributed by atoms with Crippen LogP contribution in [0.4, 0.5) is 0 Å². The molecular formula is C7H14O8. The van der Waals surface area contributed by atoms with Crippen LogP contribution >= 0.6 is 0 Å². The van der Waals surface area contributed by atoms with Crippen molar-refractivity contribution in [2.45, 2.75) is 31.8 Å². The van der Waals surface area contributed by atoms with Crippen molar-refractivity contribution in [3.8, 4) is 0 Å². The number of aliphatic hydroxyl groups is 4. The third kappa shape index (κ3) is 4.21. The predicted octanol–water partition coefficient (Wildman–Crippen LogP) is -2.76. The molecule has 0 spiro atoms. The molecule has 0 aromatic carbocycles. The van der Waals surface area contributed by atoms with E-state index >= 15 is 0 Å². The maximum Gasteiger partial charge on any atom is 0.335 e. The Morgan fingerprint density at radius 3 is 1.07 bits per heavy atom. The van der Waals surface area contributed by atoms with Gasteiger partial charge >= 0.3 is 11.9 Å². The summed E-state index contributed by atoms with van der Waals surface area (Å²) in [7, 11) is 0. The molecule has 0 aromatic rings. The quantitative estimate of drug-likeness (QED) is 0.294. The molecule has 6 N–H and O–H groups in total. The van der Waals surface area contributed by atoms with Crippen LogP contribution in [0.3, 0.4) is 0 Å². The van der Waals surface area contributed by atoms with Crippen LogP contribution < -0.4 is 0 Å². The standard InChI is InChI=1S/C6H10O8.CH4/c7-1(3(9)5(11)12)2(8)4(10)6(13)14;/h1-4,7-10H,(H,11,12)(H,13,14);1H4. The van der Waals surface area contributed by atoms with Crippen molar-refractivity contribution in [1.82, 2.24) is 0 Å². The van der Waals surface area contributed by atoms with E-state index in [9.17, 15) is 9.59 Å². The molecule has 0 aromatic heterocycles. The van der Waals surface area contributed by atoms with E-state index in [0.29, 0.717) is 0 Å². The minimum absolute atomic E-state index is 0. The summed E-state index contributed by atoms with van der Waals surface area (Å²) in [6.07, 6.45) is -9.28. The zero-order chi connectivity index (χ0) is 11.5. The van der Waals surface area contributed by atoms with Crippen LogP contribution in [0.1, 0.15) is 7.43 Å². The van der Waals surface area contributed by atoms with Gasteiger partial charge in [-0.05, 0) is 0 Å². The zero-order valence-corrected chi connectivity index (χ0v) is 6.81. The fourth-order valence-electron chi connectivity index (χ4n) is 0.666. The van der Waals surface area contributed by atoms with Gasteiger partial charge in [0.25, 0.3) is 0 Å². The van der Waals surface area contributed by atoms with Crippen molar-refractivity contribution in [3.63, 3.8) is 0 Å². The zero-order valence-electron chi connectivity index (χ0n) is 6.81. The Labute approximate surface area is 85.0 Å². The first-order valence-electron chi connectivity index (χ1n) is 3.47. The average Bonchev–Trinajstić information content (AvgIpc) is 2.12. The van der Waals surface area contributed by atoms with Gasteiger partial charge in [-0.3, -0.25) is 0 Å². The van der Waals surface area contributed by atoms with Gasteiger partial charge in [0.1, 0.15) is 12.2 Å². The lowest BCUT2D eigenvalue weighted by Gasteiger charge is -2.21. The fraction of sp³-hybridized carbons (Fsp3) is 0.714. The summed E-state index contributed by atoms with van der Waals surface area (Å²) in [6, 6.07) is 0. The fourth-order valence-corrected chi connectivity index (χ4v) is 0.666. The van der Waals surface area contributed by atoms with Crippen LogP contribution in [-0.4, -0.2) is 67.0 Å². The molecule has 0 rings (SSSR count). The summed E-state index contributed by atoms with van der Waals surface area (Å²) in [5.74, 6) is -3.68. The van der Waals surface area contributed by atoms with Crippen molar-refractivity contribution in [2.75, 3.05) is 0 Å². The van der Waals surface area contributed by atoms with Gasteiger partial charge in [0.15, 0.2) is 12.2 Å². The molecule has 90 valence electrons. The second-order valence-corrected chi connectivity index (χ2v) is 2.55. The maximum absolute atomic E-state index is 10.1. The van der Waals surface area contributed by atoms with E-state index in [1.54, 1.807) is 0 Å². The van der Waals surface area contributed by atoms with E-state index in [2.05, 4.69) is 0 Å². The first-order valence-corrected chi connectivity index (χ1v) is 3.47. The summed E-state index contributed by atoms with van der Waals surface area (Å²) >= 11 is 0. The lowest BCUT2D eigenvalue weighted by molar-refractivity contribution is -0.172. The van der Waals surface area contributed by atoms with Gasteiger partial charge in [-0.1, -0.05) is 7.43 Å². The predicted molar refractivity (Wildman–Crippen MR) is 46.0 cm³/mol. The highest BCUT2D eigenvalue weighted by Crippen LogP contribution is 2.05. The molecule has 0 aliphatic carbocycles. The first-order chi connectivity index (χ1) is 6.29. The van der Waals surface area contributed by atoms with Crippen LogP contribution in [0.2, 0.25) is 0 Å². The van der Waals surface area contributed by atoms with Crippen molar-refractivity contribution < 1.29 is 40.2 Å². The second kappa shape index (κ2) is 6.30. The number of carbonyl (C=O) groups is 2. The van der Waals surface area contributed by atoms with Crippen LogP contribution in [-0.2, 0) is 9.59 Å². The molecular weight excluding hydrogens is 212 g/mol. The Bertz CT molecular complexity index is 203. The molecule has 0 heterocycles. The van der Waals surface area contributed by atoms with E-state index in [1.807, 2.05) is 0 Å². The highest BCUT2D eigenvalue weighted by atomic mass is 16.4. The third-order valence-corrected chi connectivity index (χ3v) is 1.50. The van der Waals surface area contributed by atoms with Gasteiger partial charge in [-0.25, -0.2) is 9.59 Å². The molecule has 8 heteroatoms. The Morgan fingerprint density at radius 1 is 0.733 bits per heavy atom. The molecule has 8 nitrogen and oxygen atoms in total.